The molecule has 1 fully saturated rings. The Morgan fingerprint density at radius 2 is 2.12 bits per heavy atom. The fraction of sp³-hybridized carbons (Fsp3) is 0.400. The molecule has 9 heteroatoms. The van der Waals surface area contributed by atoms with Crippen LogP contribution in [-0.4, -0.2) is 26.2 Å². The summed E-state index contributed by atoms with van der Waals surface area (Å²) >= 11 is 1.45. The quantitative estimate of drug-likeness (QED) is 0.628. The minimum absolute atomic E-state index is 0. The Bertz CT molecular complexity index is 903. The number of aromatic nitrogens is 4. The van der Waals surface area contributed by atoms with Crippen LogP contribution < -0.4 is 11.3 Å². The zero-order valence-electron chi connectivity index (χ0n) is 13.0. The molecule has 1 saturated carbocycles. The fourth-order valence-corrected chi connectivity index (χ4v) is 4.25. The molecule has 0 radical (unpaired) electrons. The Balaban J connectivity index is 0.00000104. The fourth-order valence-electron chi connectivity index (χ4n) is 3.19. The highest BCUT2D eigenvalue weighted by Gasteiger charge is 2.28. The SMILES string of the molecule is Cc1[nH]ncc1-c1cc2nc(C3CCCC3N)[nH]c(=O)c2s1.Cl.Cl. The Kier molecular flexibility index (Phi) is 5.70. The van der Waals surface area contributed by atoms with Crippen LogP contribution in [0, 0.1) is 6.92 Å². The second-order valence-electron chi connectivity index (χ2n) is 5.89. The van der Waals surface area contributed by atoms with E-state index in [0.29, 0.717) is 4.70 Å². The van der Waals surface area contributed by atoms with Crippen molar-refractivity contribution in [1.29, 1.82) is 0 Å². The molecule has 0 aliphatic heterocycles. The summed E-state index contributed by atoms with van der Waals surface area (Å²) in [6, 6.07) is 2.06. The summed E-state index contributed by atoms with van der Waals surface area (Å²) in [7, 11) is 0. The van der Waals surface area contributed by atoms with Crippen molar-refractivity contribution < 1.29 is 0 Å². The highest BCUT2D eigenvalue weighted by molar-refractivity contribution is 7.22. The minimum atomic E-state index is -0.0727. The van der Waals surface area contributed by atoms with Crippen LogP contribution in [0.1, 0.15) is 36.7 Å². The van der Waals surface area contributed by atoms with Gasteiger partial charge >= 0.3 is 0 Å². The molecule has 4 rings (SSSR count). The van der Waals surface area contributed by atoms with E-state index in [1.807, 2.05) is 13.0 Å². The maximum absolute atomic E-state index is 12.4. The normalized spacial score (nSPS) is 19.9. The molecule has 2 unspecified atom stereocenters. The topological polar surface area (TPSA) is 100 Å². The molecule has 2 atom stereocenters. The van der Waals surface area contributed by atoms with E-state index in [9.17, 15) is 4.79 Å². The van der Waals surface area contributed by atoms with E-state index in [1.165, 1.54) is 11.3 Å². The highest BCUT2D eigenvalue weighted by Crippen LogP contribution is 2.34. The number of nitrogens with two attached hydrogens (primary N) is 1. The molecule has 0 spiro atoms. The van der Waals surface area contributed by atoms with E-state index >= 15 is 0 Å². The first-order valence-electron chi connectivity index (χ1n) is 7.43. The Morgan fingerprint density at radius 1 is 1.33 bits per heavy atom. The smallest absolute Gasteiger partial charge is 0.268 e. The van der Waals surface area contributed by atoms with E-state index in [1.54, 1.807) is 6.20 Å². The standard InChI is InChI=1S/C15H17N5OS.2ClH/c1-7-9(6-17-20-7)12-5-11-13(22-12)15(21)19-14(18-11)8-3-2-4-10(8)16;;/h5-6,8,10H,2-4,16H2,1H3,(H,17,20)(H,18,19,21);2*1H. The van der Waals surface area contributed by atoms with Gasteiger partial charge in [-0.1, -0.05) is 6.42 Å². The predicted octanol–water partition coefficient (Wildman–Crippen LogP) is 3.12. The molecule has 24 heavy (non-hydrogen) atoms. The molecule has 4 N–H and O–H groups in total. The monoisotopic (exact) mass is 387 g/mol. The summed E-state index contributed by atoms with van der Waals surface area (Å²) in [5, 5.41) is 6.96. The highest BCUT2D eigenvalue weighted by atomic mass is 35.5. The lowest BCUT2D eigenvalue weighted by Gasteiger charge is -2.13. The van der Waals surface area contributed by atoms with Gasteiger partial charge in [0, 0.05) is 28.1 Å². The van der Waals surface area contributed by atoms with Crippen molar-refractivity contribution in [3.8, 4) is 10.4 Å². The van der Waals surface area contributed by atoms with Gasteiger partial charge in [-0.2, -0.15) is 5.10 Å². The molecule has 0 saturated heterocycles. The molecule has 0 bridgehead atoms. The number of aromatic amines is 2. The van der Waals surface area contributed by atoms with Crippen LogP contribution in [0.25, 0.3) is 20.7 Å². The Labute approximate surface area is 155 Å². The second-order valence-corrected chi connectivity index (χ2v) is 6.94. The van der Waals surface area contributed by atoms with Crippen LogP contribution in [-0.2, 0) is 0 Å². The first-order chi connectivity index (χ1) is 10.6. The van der Waals surface area contributed by atoms with E-state index < -0.39 is 0 Å². The van der Waals surface area contributed by atoms with E-state index in [4.69, 9.17) is 5.73 Å². The van der Waals surface area contributed by atoms with E-state index in [-0.39, 0.29) is 42.3 Å². The van der Waals surface area contributed by atoms with Gasteiger partial charge in [-0.3, -0.25) is 9.89 Å². The molecule has 3 aromatic rings. The van der Waals surface area contributed by atoms with Gasteiger partial charge in [-0.05, 0) is 25.8 Å². The maximum Gasteiger partial charge on any atom is 0.268 e. The number of fused-ring (bicyclic) bond motifs is 1. The number of halogens is 2. The first kappa shape index (κ1) is 18.9. The number of H-pyrrole nitrogens is 2. The molecule has 3 heterocycles. The van der Waals surface area contributed by atoms with Gasteiger partial charge in [0.05, 0.1) is 11.7 Å². The molecule has 3 aromatic heterocycles. The average Bonchev–Trinajstić information content (AvgIpc) is 3.17. The molecule has 0 aromatic carbocycles. The molecule has 6 nitrogen and oxygen atoms in total. The van der Waals surface area contributed by atoms with Crippen LogP contribution in [0.2, 0.25) is 0 Å². The van der Waals surface area contributed by atoms with Crippen LogP contribution in [0.4, 0.5) is 0 Å². The molecule has 130 valence electrons. The van der Waals surface area contributed by atoms with Gasteiger partial charge in [0.15, 0.2) is 0 Å². The third kappa shape index (κ3) is 3.09. The summed E-state index contributed by atoms with van der Waals surface area (Å²) in [5.74, 6) is 0.895. The number of hydrogen-bond donors (Lipinski definition) is 3. The minimum Gasteiger partial charge on any atom is -0.327 e. The third-order valence-electron chi connectivity index (χ3n) is 4.42. The number of rotatable bonds is 2. The predicted molar refractivity (Wildman–Crippen MR) is 102 cm³/mol. The van der Waals surface area contributed by atoms with Crippen LogP contribution in [0.15, 0.2) is 17.1 Å². The van der Waals surface area contributed by atoms with Crippen LogP contribution >= 0.6 is 36.2 Å². The van der Waals surface area contributed by atoms with Crippen molar-refractivity contribution in [2.24, 2.45) is 5.73 Å². The van der Waals surface area contributed by atoms with Crippen molar-refractivity contribution in [3.63, 3.8) is 0 Å². The largest absolute Gasteiger partial charge is 0.327 e. The van der Waals surface area contributed by atoms with Crippen LogP contribution in [0.5, 0.6) is 0 Å². The lowest BCUT2D eigenvalue weighted by molar-refractivity contribution is 0.582. The third-order valence-corrected chi connectivity index (χ3v) is 5.57. The zero-order valence-corrected chi connectivity index (χ0v) is 15.5. The second kappa shape index (κ2) is 7.23. The lowest BCUT2D eigenvalue weighted by atomic mass is 10.0. The summed E-state index contributed by atoms with van der Waals surface area (Å²) in [6.45, 7) is 1.97. The van der Waals surface area contributed by atoms with Crippen LogP contribution in [0.3, 0.4) is 0 Å². The Morgan fingerprint density at radius 3 is 2.75 bits per heavy atom. The number of nitrogens with zero attached hydrogens (tertiary/aromatic N) is 2. The van der Waals surface area contributed by atoms with Gasteiger partial charge in [-0.25, -0.2) is 4.98 Å². The maximum atomic E-state index is 12.4. The lowest BCUT2D eigenvalue weighted by Crippen LogP contribution is -2.26. The Hall–Kier alpha value is -1.41. The van der Waals surface area contributed by atoms with E-state index in [0.717, 1.165) is 46.7 Å². The van der Waals surface area contributed by atoms with Crippen molar-refractivity contribution in [2.45, 2.75) is 38.1 Å². The number of nitrogens with one attached hydrogen (secondary N) is 2. The van der Waals surface area contributed by atoms with Crippen molar-refractivity contribution in [3.05, 3.63) is 34.1 Å². The van der Waals surface area contributed by atoms with Crippen molar-refractivity contribution in [2.75, 3.05) is 0 Å². The zero-order chi connectivity index (χ0) is 15.3. The number of thiophene rings is 1. The number of hydrogen-bond acceptors (Lipinski definition) is 5. The molecule has 0 amide bonds. The van der Waals surface area contributed by atoms with Gasteiger partial charge in [-0.15, -0.1) is 36.2 Å². The summed E-state index contributed by atoms with van der Waals surface area (Å²) in [6.07, 6.45) is 4.86. The van der Waals surface area contributed by atoms with Gasteiger partial charge in [0.2, 0.25) is 0 Å². The van der Waals surface area contributed by atoms with Gasteiger partial charge in [0.25, 0.3) is 5.56 Å². The summed E-state index contributed by atoms with van der Waals surface area (Å²) in [5.41, 5.74) is 8.81. The number of aryl methyl sites for hydroxylation is 1. The van der Waals surface area contributed by atoms with Crippen molar-refractivity contribution >= 4 is 46.4 Å². The summed E-state index contributed by atoms with van der Waals surface area (Å²) < 4.78 is 0.658. The molecule has 1 aliphatic carbocycles. The molecular formula is C15H19Cl2N5OS. The van der Waals surface area contributed by atoms with Gasteiger partial charge < -0.3 is 10.7 Å². The van der Waals surface area contributed by atoms with E-state index in [2.05, 4.69) is 20.2 Å². The molecule has 1 aliphatic rings. The first-order valence-corrected chi connectivity index (χ1v) is 8.25. The van der Waals surface area contributed by atoms with Crippen molar-refractivity contribution in [1.82, 2.24) is 20.2 Å². The molecular weight excluding hydrogens is 369 g/mol. The summed E-state index contributed by atoms with van der Waals surface area (Å²) in [4.78, 5) is 21.0. The van der Waals surface area contributed by atoms with Gasteiger partial charge in [0.1, 0.15) is 10.5 Å². The average molecular weight is 388 g/mol.